The molecule has 3 heterocycles. The number of nitrogens with one attached hydrogen (secondary N) is 1. The molecule has 2 aromatic carbocycles. The summed E-state index contributed by atoms with van der Waals surface area (Å²) in [7, 11) is 0. The zero-order valence-electron chi connectivity index (χ0n) is 15.0. The zero-order valence-corrected chi connectivity index (χ0v) is 15.8. The number of nitrogens with zero attached hydrogens (tertiary/aromatic N) is 3. The summed E-state index contributed by atoms with van der Waals surface area (Å²) in [5, 5.41) is 2.01. The maximum Gasteiger partial charge on any atom is 0.137 e. The molecule has 0 spiro atoms. The summed E-state index contributed by atoms with van der Waals surface area (Å²) in [5.74, 6) is 0.537. The molecule has 0 bridgehead atoms. The van der Waals surface area contributed by atoms with Gasteiger partial charge < -0.3 is 4.98 Å². The van der Waals surface area contributed by atoms with Gasteiger partial charge in [0, 0.05) is 23.0 Å². The van der Waals surface area contributed by atoms with Crippen LogP contribution < -0.4 is 0 Å². The summed E-state index contributed by atoms with van der Waals surface area (Å²) in [6, 6.07) is 16.3. The second-order valence-corrected chi connectivity index (χ2v) is 7.47. The number of hydrogen-bond donors (Lipinski definition) is 1. The lowest BCUT2D eigenvalue weighted by Crippen LogP contribution is -1.95. The van der Waals surface area contributed by atoms with Gasteiger partial charge in [-0.25, -0.2) is 19.3 Å². The van der Waals surface area contributed by atoms with Crippen LogP contribution in [-0.4, -0.2) is 19.9 Å². The van der Waals surface area contributed by atoms with Crippen LogP contribution in [0, 0.1) is 12.7 Å². The molecule has 5 rings (SSSR count). The predicted molar refractivity (Wildman–Crippen MR) is 111 cm³/mol. The monoisotopic (exact) mass is 386 g/mol. The molecule has 0 amide bonds. The van der Waals surface area contributed by atoms with Gasteiger partial charge in [-0.2, -0.15) is 0 Å². The fourth-order valence-corrected chi connectivity index (χ4v) is 3.87. The minimum absolute atomic E-state index is 0.270. The Balaban J connectivity index is 1.73. The number of thiophene rings is 1. The molecule has 0 saturated carbocycles. The number of hydrogen-bond acceptors (Lipinski definition) is 4. The van der Waals surface area contributed by atoms with E-state index in [1.54, 1.807) is 29.7 Å². The van der Waals surface area contributed by atoms with Crippen LogP contribution in [0.1, 0.15) is 5.69 Å². The van der Waals surface area contributed by atoms with Crippen molar-refractivity contribution < 1.29 is 4.39 Å². The number of halogens is 1. The average Bonchev–Trinajstić information content (AvgIpc) is 3.39. The van der Waals surface area contributed by atoms with E-state index in [1.165, 1.54) is 12.1 Å². The number of H-pyrrole nitrogens is 1. The second-order valence-electron chi connectivity index (χ2n) is 6.52. The Morgan fingerprint density at radius 1 is 0.893 bits per heavy atom. The molecular formula is C22H15FN4S. The van der Waals surface area contributed by atoms with Crippen molar-refractivity contribution in [3.63, 3.8) is 0 Å². The summed E-state index contributed by atoms with van der Waals surface area (Å²) in [5.41, 5.74) is 5.92. The maximum atomic E-state index is 13.4. The molecule has 0 fully saturated rings. The average molecular weight is 386 g/mol. The predicted octanol–water partition coefficient (Wildman–Crippen LogP) is 5.86. The Morgan fingerprint density at radius 2 is 1.68 bits per heavy atom. The molecule has 28 heavy (non-hydrogen) atoms. The standard InChI is InChI=1S/C22H15FN4S/c1-13-12-24-22(25-13)15-6-9-17-18(11-15)27-21(19-3-2-10-28-19)20(26-17)14-4-7-16(23)8-5-14/h2-12H,1H3,(H,24,25). The lowest BCUT2D eigenvalue weighted by molar-refractivity contribution is 0.628. The molecule has 136 valence electrons. The van der Waals surface area contributed by atoms with Crippen LogP contribution in [0.25, 0.3) is 44.2 Å². The van der Waals surface area contributed by atoms with Crippen molar-refractivity contribution >= 4 is 22.4 Å². The van der Waals surface area contributed by atoms with E-state index in [-0.39, 0.29) is 5.82 Å². The van der Waals surface area contributed by atoms with Crippen molar-refractivity contribution in [1.29, 1.82) is 0 Å². The molecule has 4 nitrogen and oxygen atoms in total. The highest BCUT2D eigenvalue weighted by Crippen LogP contribution is 2.34. The molecule has 0 atom stereocenters. The fraction of sp³-hybridized carbons (Fsp3) is 0.0455. The summed E-state index contributed by atoms with van der Waals surface area (Å²) in [6.07, 6.45) is 1.81. The van der Waals surface area contributed by atoms with Gasteiger partial charge in [-0.3, -0.25) is 0 Å². The van der Waals surface area contributed by atoms with Gasteiger partial charge in [0.25, 0.3) is 0 Å². The van der Waals surface area contributed by atoms with Crippen LogP contribution >= 0.6 is 11.3 Å². The van der Waals surface area contributed by atoms with Crippen LogP contribution in [0.3, 0.4) is 0 Å². The topological polar surface area (TPSA) is 54.5 Å². The van der Waals surface area contributed by atoms with Crippen molar-refractivity contribution in [3.05, 3.63) is 77.7 Å². The molecule has 0 saturated heterocycles. The summed E-state index contributed by atoms with van der Waals surface area (Å²) >= 11 is 1.61. The van der Waals surface area contributed by atoms with E-state index >= 15 is 0 Å². The van der Waals surface area contributed by atoms with Gasteiger partial charge in [-0.05, 0) is 60.8 Å². The lowest BCUT2D eigenvalue weighted by Gasteiger charge is -2.10. The maximum absolute atomic E-state index is 13.4. The Labute approximate surface area is 164 Å². The minimum atomic E-state index is -0.270. The molecule has 3 aromatic heterocycles. The number of aromatic amines is 1. The third kappa shape index (κ3) is 2.97. The minimum Gasteiger partial charge on any atom is -0.342 e. The Hall–Kier alpha value is -3.38. The van der Waals surface area contributed by atoms with Crippen molar-refractivity contribution in [1.82, 2.24) is 19.9 Å². The van der Waals surface area contributed by atoms with Crippen LogP contribution in [0.15, 0.2) is 66.2 Å². The highest BCUT2D eigenvalue weighted by Gasteiger charge is 2.15. The lowest BCUT2D eigenvalue weighted by atomic mass is 10.1. The van der Waals surface area contributed by atoms with Gasteiger partial charge in [0.05, 0.1) is 21.6 Å². The van der Waals surface area contributed by atoms with Gasteiger partial charge in [0.1, 0.15) is 17.3 Å². The fourth-order valence-electron chi connectivity index (χ4n) is 3.16. The molecule has 6 heteroatoms. The normalized spacial score (nSPS) is 11.2. The van der Waals surface area contributed by atoms with E-state index in [9.17, 15) is 4.39 Å². The second kappa shape index (κ2) is 6.65. The van der Waals surface area contributed by atoms with Crippen LogP contribution in [0.2, 0.25) is 0 Å². The van der Waals surface area contributed by atoms with E-state index < -0.39 is 0 Å². The van der Waals surface area contributed by atoms with Crippen molar-refractivity contribution in [3.8, 4) is 33.2 Å². The number of aromatic nitrogens is 4. The molecule has 0 aliphatic heterocycles. The first-order chi connectivity index (χ1) is 13.7. The Kier molecular flexibility index (Phi) is 3.98. The summed E-state index contributed by atoms with van der Waals surface area (Å²) in [6.45, 7) is 1.97. The van der Waals surface area contributed by atoms with Gasteiger partial charge in [-0.15, -0.1) is 11.3 Å². The first kappa shape index (κ1) is 16.8. The number of fused-ring (bicyclic) bond motifs is 1. The van der Waals surface area contributed by atoms with Crippen molar-refractivity contribution in [2.75, 3.05) is 0 Å². The Bertz CT molecular complexity index is 1270. The van der Waals surface area contributed by atoms with Crippen LogP contribution in [0.4, 0.5) is 4.39 Å². The SMILES string of the molecule is Cc1cnc(-c2ccc3nc(-c4ccc(F)cc4)c(-c4cccs4)nc3c2)[nH]1. The van der Waals surface area contributed by atoms with Gasteiger partial charge in [0.15, 0.2) is 0 Å². The molecule has 5 aromatic rings. The van der Waals surface area contributed by atoms with E-state index in [0.29, 0.717) is 0 Å². The largest absolute Gasteiger partial charge is 0.342 e. The molecule has 0 unspecified atom stereocenters. The number of imidazole rings is 1. The number of benzene rings is 2. The van der Waals surface area contributed by atoms with E-state index in [4.69, 9.17) is 9.97 Å². The van der Waals surface area contributed by atoms with Crippen LogP contribution in [0.5, 0.6) is 0 Å². The van der Waals surface area contributed by atoms with Crippen molar-refractivity contribution in [2.45, 2.75) is 6.92 Å². The quantitative estimate of drug-likeness (QED) is 0.422. The van der Waals surface area contributed by atoms with E-state index in [2.05, 4.69) is 9.97 Å². The Morgan fingerprint density at radius 3 is 2.39 bits per heavy atom. The number of aryl methyl sites for hydroxylation is 1. The first-order valence-corrected chi connectivity index (χ1v) is 9.69. The summed E-state index contributed by atoms with van der Waals surface area (Å²) < 4.78 is 13.4. The third-order valence-electron chi connectivity index (χ3n) is 4.51. The highest BCUT2D eigenvalue weighted by molar-refractivity contribution is 7.13. The molecular weight excluding hydrogens is 371 g/mol. The molecule has 0 aliphatic rings. The molecule has 0 aliphatic carbocycles. The smallest absolute Gasteiger partial charge is 0.137 e. The van der Waals surface area contributed by atoms with Crippen molar-refractivity contribution in [2.24, 2.45) is 0 Å². The highest BCUT2D eigenvalue weighted by atomic mass is 32.1. The van der Waals surface area contributed by atoms with E-state index in [0.717, 1.165) is 49.9 Å². The van der Waals surface area contributed by atoms with Crippen LogP contribution in [-0.2, 0) is 0 Å². The summed E-state index contributed by atoms with van der Waals surface area (Å²) in [4.78, 5) is 18.5. The molecule has 1 N–H and O–H groups in total. The molecule has 0 radical (unpaired) electrons. The van der Waals surface area contributed by atoms with Gasteiger partial charge in [-0.1, -0.05) is 6.07 Å². The van der Waals surface area contributed by atoms with E-state index in [1.807, 2.05) is 42.6 Å². The van der Waals surface area contributed by atoms with Gasteiger partial charge >= 0.3 is 0 Å². The first-order valence-electron chi connectivity index (χ1n) is 8.81. The van der Waals surface area contributed by atoms with Gasteiger partial charge in [0.2, 0.25) is 0 Å². The third-order valence-corrected chi connectivity index (χ3v) is 5.39. The number of rotatable bonds is 3. The zero-order chi connectivity index (χ0) is 19.1.